The number of alkyl halides is 1. The number of nitrogens with zero attached hydrogens (tertiary/aromatic N) is 2. The van der Waals surface area contributed by atoms with Crippen molar-refractivity contribution in [3.8, 4) is 0 Å². The van der Waals surface area contributed by atoms with Gasteiger partial charge in [0.2, 0.25) is 5.13 Å². The lowest BCUT2D eigenvalue weighted by Gasteiger charge is -2.30. The first-order valence-electron chi connectivity index (χ1n) is 6.31. The Kier molecular flexibility index (Phi) is 5.01. The Bertz CT molecular complexity index is 376. The summed E-state index contributed by atoms with van der Waals surface area (Å²) < 4.78 is 4.42. The molecule has 0 aliphatic rings. The van der Waals surface area contributed by atoms with Gasteiger partial charge in [0, 0.05) is 28.9 Å². The Balaban J connectivity index is 2.79. The molecule has 1 heterocycles. The molecule has 1 N–H and O–H groups in total. The van der Waals surface area contributed by atoms with Gasteiger partial charge in [-0.15, -0.1) is 11.6 Å². The van der Waals surface area contributed by atoms with Gasteiger partial charge in [0.15, 0.2) is 0 Å². The molecule has 0 aromatic carbocycles. The first-order valence-corrected chi connectivity index (χ1v) is 7.62. The summed E-state index contributed by atoms with van der Waals surface area (Å²) in [5.41, 5.74) is 0.155. The van der Waals surface area contributed by atoms with Gasteiger partial charge in [0.1, 0.15) is 5.82 Å². The maximum Gasteiger partial charge on any atom is 0.202 e. The van der Waals surface area contributed by atoms with Gasteiger partial charge in [0.25, 0.3) is 0 Å². The van der Waals surface area contributed by atoms with Crippen LogP contribution in [0.15, 0.2) is 0 Å². The standard InChI is InChI=1S/C13H24ClN3S/c1-12(2,3)9(7-8-14)15-11-16-10(17-18-11)13(4,5)6/h9H,7-8H2,1-6H3,(H,15,16,17). The van der Waals surface area contributed by atoms with Crippen molar-refractivity contribution >= 4 is 28.3 Å². The maximum absolute atomic E-state index is 5.87. The van der Waals surface area contributed by atoms with Gasteiger partial charge in [-0.2, -0.15) is 4.37 Å². The van der Waals surface area contributed by atoms with Crippen LogP contribution < -0.4 is 5.32 Å². The lowest BCUT2D eigenvalue weighted by molar-refractivity contribution is 0.334. The highest BCUT2D eigenvalue weighted by Gasteiger charge is 2.26. The largest absolute Gasteiger partial charge is 0.357 e. The van der Waals surface area contributed by atoms with Crippen molar-refractivity contribution < 1.29 is 0 Å². The van der Waals surface area contributed by atoms with E-state index in [4.69, 9.17) is 11.6 Å². The van der Waals surface area contributed by atoms with Crippen molar-refractivity contribution in [2.75, 3.05) is 11.2 Å². The number of hydrogen-bond acceptors (Lipinski definition) is 4. The minimum absolute atomic E-state index is 0.000143. The van der Waals surface area contributed by atoms with Crippen LogP contribution in [-0.2, 0) is 5.41 Å². The van der Waals surface area contributed by atoms with Crippen molar-refractivity contribution in [2.45, 2.75) is 59.4 Å². The molecule has 0 radical (unpaired) electrons. The van der Waals surface area contributed by atoms with Crippen LogP contribution in [0.3, 0.4) is 0 Å². The van der Waals surface area contributed by atoms with Crippen LogP contribution in [0, 0.1) is 5.41 Å². The van der Waals surface area contributed by atoms with E-state index in [9.17, 15) is 0 Å². The molecule has 0 bridgehead atoms. The van der Waals surface area contributed by atoms with Crippen LogP contribution >= 0.6 is 23.1 Å². The number of hydrogen-bond donors (Lipinski definition) is 1. The molecule has 1 aromatic heterocycles. The Morgan fingerprint density at radius 2 is 1.83 bits per heavy atom. The van der Waals surface area contributed by atoms with Gasteiger partial charge >= 0.3 is 0 Å². The molecule has 0 aliphatic heterocycles. The van der Waals surface area contributed by atoms with E-state index in [0.29, 0.717) is 11.9 Å². The summed E-state index contributed by atoms with van der Waals surface area (Å²) in [7, 11) is 0. The van der Waals surface area contributed by atoms with Gasteiger partial charge in [-0.1, -0.05) is 41.5 Å². The fraction of sp³-hybridized carbons (Fsp3) is 0.846. The van der Waals surface area contributed by atoms with Crippen molar-refractivity contribution in [1.82, 2.24) is 9.36 Å². The normalized spacial score (nSPS) is 14.6. The van der Waals surface area contributed by atoms with Crippen LogP contribution in [0.1, 0.15) is 53.8 Å². The van der Waals surface area contributed by atoms with Gasteiger partial charge in [0.05, 0.1) is 0 Å². The number of rotatable bonds is 4. The second kappa shape index (κ2) is 5.74. The molecular weight excluding hydrogens is 266 g/mol. The number of aromatic nitrogens is 2. The average Bonchev–Trinajstić information content (AvgIpc) is 2.63. The predicted molar refractivity (Wildman–Crippen MR) is 80.8 cm³/mol. The highest BCUT2D eigenvalue weighted by atomic mass is 35.5. The van der Waals surface area contributed by atoms with Crippen LogP contribution in [0.5, 0.6) is 0 Å². The highest BCUT2D eigenvalue weighted by molar-refractivity contribution is 7.09. The zero-order valence-corrected chi connectivity index (χ0v) is 13.7. The van der Waals surface area contributed by atoms with E-state index < -0.39 is 0 Å². The molecular formula is C13H24ClN3S. The van der Waals surface area contributed by atoms with E-state index >= 15 is 0 Å². The van der Waals surface area contributed by atoms with E-state index in [1.54, 1.807) is 0 Å². The molecule has 104 valence electrons. The molecule has 0 aliphatic carbocycles. The highest BCUT2D eigenvalue weighted by Crippen LogP contribution is 2.28. The summed E-state index contributed by atoms with van der Waals surface area (Å²) in [6.45, 7) is 13.0. The van der Waals surface area contributed by atoms with E-state index in [1.807, 2.05) is 0 Å². The summed E-state index contributed by atoms with van der Waals surface area (Å²) in [4.78, 5) is 4.57. The first kappa shape index (κ1) is 15.7. The molecule has 0 saturated carbocycles. The molecule has 5 heteroatoms. The van der Waals surface area contributed by atoms with Crippen molar-refractivity contribution in [2.24, 2.45) is 5.41 Å². The van der Waals surface area contributed by atoms with Crippen LogP contribution in [0.2, 0.25) is 0 Å². The molecule has 0 fully saturated rings. The van der Waals surface area contributed by atoms with Crippen LogP contribution in [0.25, 0.3) is 0 Å². The van der Waals surface area contributed by atoms with Crippen LogP contribution in [-0.4, -0.2) is 21.3 Å². The Morgan fingerprint density at radius 1 is 1.22 bits per heavy atom. The summed E-state index contributed by atoms with van der Waals surface area (Å²) in [6, 6.07) is 0.316. The third kappa shape index (κ3) is 4.39. The SMILES string of the molecule is CC(C)(C)c1nsc(NC(CCCl)C(C)(C)C)n1. The fourth-order valence-electron chi connectivity index (χ4n) is 1.57. The van der Waals surface area contributed by atoms with Crippen molar-refractivity contribution in [3.63, 3.8) is 0 Å². The van der Waals surface area contributed by atoms with E-state index in [2.05, 4.69) is 56.2 Å². The molecule has 3 nitrogen and oxygen atoms in total. The predicted octanol–water partition coefficient (Wildman–Crippen LogP) is 4.29. The zero-order valence-electron chi connectivity index (χ0n) is 12.2. The monoisotopic (exact) mass is 289 g/mol. The maximum atomic E-state index is 5.87. The number of nitrogens with one attached hydrogen (secondary N) is 1. The van der Waals surface area contributed by atoms with Gasteiger partial charge < -0.3 is 5.32 Å². The third-order valence-electron chi connectivity index (χ3n) is 2.84. The lowest BCUT2D eigenvalue weighted by Crippen LogP contribution is -2.34. The van der Waals surface area contributed by atoms with Crippen molar-refractivity contribution in [3.05, 3.63) is 5.82 Å². The average molecular weight is 290 g/mol. The van der Waals surface area contributed by atoms with E-state index in [1.165, 1.54) is 11.5 Å². The Labute approximate surface area is 120 Å². The second-order valence-electron chi connectivity index (χ2n) is 6.71. The molecule has 0 saturated heterocycles. The van der Waals surface area contributed by atoms with E-state index in [0.717, 1.165) is 17.4 Å². The Hall–Kier alpha value is -0.350. The summed E-state index contributed by atoms with van der Waals surface area (Å²) in [6.07, 6.45) is 0.926. The molecule has 1 unspecified atom stereocenters. The van der Waals surface area contributed by atoms with Gasteiger partial charge in [-0.3, -0.25) is 0 Å². The molecule has 1 atom stereocenters. The lowest BCUT2D eigenvalue weighted by atomic mass is 9.85. The minimum atomic E-state index is 0.000143. The van der Waals surface area contributed by atoms with E-state index in [-0.39, 0.29) is 10.8 Å². The van der Waals surface area contributed by atoms with Crippen molar-refractivity contribution in [1.29, 1.82) is 0 Å². The fourth-order valence-corrected chi connectivity index (χ4v) is 2.59. The molecule has 0 spiro atoms. The molecule has 1 rings (SSSR count). The molecule has 1 aromatic rings. The third-order valence-corrected chi connectivity index (χ3v) is 3.70. The number of anilines is 1. The quantitative estimate of drug-likeness (QED) is 0.840. The Morgan fingerprint density at radius 3 is 2.22 bits per heavy atom. The number of halogens is 1. The minimum Gasteiger partial charge on any atom is -0.357 e. The smallest absolute Gasteiger partial charge is 0.202 e. The summed E-state index contributed by atoms with van der Waals surface area (Å²) in [5.74, 6) is 1.55. The molecule has 18 heavy (non-hydrogen) atoms. The molecule has 0 amide bonds. The second-order valence-corrected chi connectivity index (χ2v) is 7.84. The zero-order chi connectivity index (χ0) is 14.0. The van der Waals surface area contributed by atoms with Gasteiger partial charge in [-0.05, 0) is 11.8 Å². The van der Waals surface area contributed by atoms with Crippen LogP contribution in [0.4, 0.5) is 5.13 Å². The van der Waals surface area contributed by atoms with Gasteiger partial charge in [-0.25, -0.2) is 4.98 Å². The summed E-state index contributed by atoms with van der Waals surface area (Å²) in [5, 5.41) is 4.37. The first-order chi connectivity index (χ1) is 8.14. The topological polar surface area (TPSA) is 37.8 Å². The summed E-state index contributed by atoms with van der Waals surface area (Å²) >= 11 is 7.31.